The summed E-state index contributed by atoms with van der Waals surface area (Å²) in [4.78, 5) is 0. The molecule has 1 aromatic carbocycles. The number of nitrogens with zero attached hydrogens (tertiary/aromatic N) is 1. The molecule has 1 heterocycles. The first-order valence-electron chi connectivity index (χ1n) is 5.46. The van der Waals surface area contributed by atoms with Crippen LogP contribution in [0.25, 0.3) is 10.1 Å². The Kier molecular flexibility index (Phi) is 3.55. The van der Waals surface area contributed by atoms with Crippen molar-refractivity contribution in [2.75, 3.05) is 6.54 Å². The number of nitriles is 1. The summed E-state index contributed by atoms with van der Waals surface area (Å²) in [5, 5.41) is 15.7. The summed E-state index contributed by atoms with van der Waals surface area (Å²) in [6.07, 6.45) is 1.04. The van der Waals surface area contributed by atoms with Gasteiger partial charge in [-0.1, -0.05) is 25.1 Å². The molecule has 16 heavy (non-hydrogen) atoms. The number of fused-ring (bicyclic) bond motifs is 1. The summed E-state index contributed by atoms with van der Waals surface area (Å²) < 4.78 is 1.25. The molecule has 1 N–H and O–H groups in total. The lowest BCUT2D eigenvalue weighted by Gasteiger charge is -2.09. The number of hydrogen-bond acceptors (Lipinski definition) is 3. The van der Waals surface area contributed by atoms with E-state index in [4.69, 9.17) is 0 Å². The van der Waals surface area contributed by atoms with Crippen LogP contribution >= 0.6 is 11.3 Å². The highest BCUT2D eigenvalue weighted by Crippen LogP contribution is 2.29. The fourth-order valence-corrected chi connectivity index (χ4v) is 2.72. The maximum Gasteiger partial charge on any atom is 0.122 e. The normalized spacial score (nSPS) is 12.5. The standard InChI is InChI=1S/C13H14N2S/c1-2-7-15-12(8-14)11-9-16-13-6-4-3-5-10(11)13/h3-6,9,12,15H,2,7H2,1H3. The van der Waals surface area contributed by atoms with E-state index in [1.807, 2.05) is 12.1 Å². The number of rotatable bonds is 4. The molecule has 3 heteroatoms. The lowest BCUT2D eigenvalue weighted by atomic mass is 10.1. The second-order valence-electron chi connectivity index (χ2n) is 3.70. The molecule has 2 nitrogen and oxygen atoms in total. The van der Waals surface area contributed by atoms with Gasteiger partial charge in [-0.05, 0) is 29.8 Å². The van der Waals surface area contributed by atoms with Gasteiger partial charge >= 0.3 is 0 Å². The van der Waals surface area contributed by atoms with Crippen molar-refractivity contribution in [2.45, 2.75) is 19.4 Å². The van der Waals surface area contributed by atoms with E-state index in [1.54, 1.807) is 11.3 Å². The van der Waals surface area contributed by atoms with Crippen molar-refractivity contribution in [3.8, 4) is 6.07 Å². The van der Waals surface area contributed by atoms with Crippen molar-refractivity contribution in [2.24, 2.45) is 0 Å². The molecular weight excluding hydrogens is 216 g/mol. The topological polar surface area (TPSA) is 35.8 Å². The third kappa shape index (κ3) is 2.08. The van der Waals surface area contributed by atoms with Crippen LogP contribution < -0.4 is 5.32 Å². The van der Waals surface area contributed by atoms with Gasteiger partial charge in [0.25, 0.3) is 0 Å². The molecule has 1 aromatic heterocycles. The maximum absolute atomic E-state index is 9.18. The molecule has 2 aromatic rings. The van der Waals surface area contributed by atoms with Crippen LogP contribution in [-0.4, -0.2) is 6.54 Å². The molecule has 0 bridgehead atoms. The van der Waals surface area contributed by atoms with Crippen molar-refractivity contribution in [3.63, 3.8) is 0 Å². The Hall–Kier alpha value is -1.37. The molecule has 0 amide bonds. The van der Waals surface area contributed by atoms with Gasteiger partial charge in [-0.2, -0.15) is 5.26 Å². The molecule has 2 rings (SSSR count). The molecular formula is C13H14N2S. The first-order chi connectivity index (χ1) is 7.86. The highest BCUT2D eigenvalue weighted by atomic mass is 32.1. The molecule has 0 spiro atoms. The van der Waals surface area contributed by atoms with E-state index in [0.29, 0.717) is 0 Å². The molecule has 0 radical (unpaired) electrons. The van der Waals surface area contributed by atoms with Gasteiger partial charge in [0, 0.05) is 10.3 Å². The predicted octanol–water partition coefficient (Wildman–Crippen LogP) is 3.47. The Bertz CT molecular complexity index is 510. The first kappa shape index (κ1) is 11.1. The minimum Gasteiger partial charge on any atom is -0.298 e. The van der Waals surface area contributed by atoms with Crippen LogP contribution in [0.15, 0.2) is 29.6 Å². The third-order valence-electron chi connectivity index (χ3n) is 2.55. The van der Waals surface area contributed by atoms with Crippen molar-refractivity contribution < 1.29 is 0 Å². The Morgan fingerprint density at radius 3 is 3.00 bits per heavy atom. The molecule has 0 saturated heterocycles. The molecule has 0 saturated carbocycles. The van der Waals surface area contributed by atoms with Crippen molar-refractivity contribution in [1.29, 1.82) is 5.26 Å². The van der Waals surface area contributed by atoms with Gasteiger partial charge in [0.2, 0.25) is 0 Å². The largest absolute Gasteiger partial charge is 0.298 e. The molecule has 1 unspecified atom stereocenters. The monoisotopic (exact) mass is 230 g/mol. The zero-order valence-electron chi connectivity index (χ0n) is 9.23. The van der Waals surface area contributed by atoms with Crippen LogP contribution in [-0.2, 0) is 0 Å². The second-order valence-corrected chi connectivity index (χ2v) is 4.61. The van der Waals surface area contributed by atoms with Crippen LogP contribution in [0.3, 0.4) is 0 Å². The van der Waals surface area contributed by atoms with Crippen molar-refractivity contribution in [1.82, 2.24) is 5.32 Å². The van der Waals surface area contributed by atoms with Crippen LogP contribution in [0.1, 0.15) is 24.9 Å². The average Bonchev–Trinajstić information content (AvgIpc) is 2.75. The minimum absolute atomic E-state index is 0.184. The van der Waals surface area contributed by atoms with E-state index in [1.165, 1.54) is 10.1 Å². The number of benzene rings is 1. The average molecular weight is 230 g/mol. The third-order valence-corrected chi connectivity index (χ3v) is 3.53. The summed E-state index contributed by atoms with van der Waals surface area (Å²) >= 11 is 1.70. The van der Waals surface area contributed by atoms with E-state index >= 15 is 0 Å². The predicted molar refractivity (Wildman–Crippen MR) is 68.5 cm³/mol. The summed E-state index contributed by atoms with van der Waals surface area (Å²) in [6.45, 7) is 2.98. The molecule has 0 fully saturated rings. The van der Waals surface area contributed by atoms with Crippen LogP contribution in [0.2, 0.25) is 0 Å². The van der Waals surface area contributed by atoms with Gasteiger partial charge in [-0.3, -0.25) is 5.32 Å². The van der Waals surface area contributed by atoms with E-state index < -0.39 is 0 Å². The Morgan fingerprint density at radius 1 is 1.44 bits per heavy atom. The van der Waals surface area contributed by atoms with Crippen LogP contribution in [0.4, 0.5) is 0 Å². The van der Waals surface area contributed by atoms with Crippen molar-refractivity contribution >= 4 is 21.4 Å². The summed E-state index contributed by atoms with van der Waals surface area (Å²) in [5.41, 5.74) is 1.11. The van der Waals surface area contributed by atoms with Gasteiger partial charge in [0.05, 0.1) is 6.07 Å². The molecule has 1 atom stereocenters. The summed E-state index contributed by atoms with van der Waals surface area (Å²) in [5.74, 6) is 0. The lowest BCUT2D eigenvalue weighted by molar-refractivity contribution is 0.625. The first-order valence-corrected chi connectivity index (χ1v) is 6.34. The molecule has 0 aliphatic heterocycles. The van der Waals surface area contributed by atoms with E-state index in [0.717, 1.165) is 18.5 Å². The van der Waals surface area contributed by atoms with Crippen LogP contribution in [0, 0.1) is 11.3 Å². The van der Waals surface area contributed by atoms with Crippen molar-refractivity contribution in [3.05, 3.63) is 35.2 Å². The smallest absolute Gasteiger partial charge is 0.122 e. The molecule has 0 aliphatic rings. The molecule has 0 aliphatic carbocycles. The zero-order valence-corrected chi connectivity index (χ0v) is 10.1. The quantitative estimate of drug-likeness (QED) is 0.873. The maximum atomic E-state index is 9.18. The van der Waals surface area contributed by atoms with Gasteiger partial charge in [0.1, 0.15) is 6.04 Å². The Labute approximate surface area is 99.5 Å². The van der Waals surface area contributed by atoms with E-state index in [9.17, 15) is 5.26 Å². The minimum atomic E-state index is -0.184. The van der Waals surface area contributed by atoms with Crippen LogP contribution in [0.5, 0.6) is 0 Å². The Balaban J connectivity index is 2.34. The summed E-state index contributed by atoms with van der Waals surface area (Å²) in [6, 6.07) is 10.4. The van der Waals surface area contributed by atoms with Gasteiger partial charge in [-0.25, -0.2) is 0 Å². The highest BCUT2D eigenvalue weighted by Gasteiger charge is 2.13. The number of hydrogen-bond donors (Lipinski definition) is 1. The SMILES string of the molecule is CCCNC(C#N)c1csc2ccccc12. The van der Waals surface area contributed by atoms with E-state index in [2.05, 4.69) is 35.8 Å². The van der Waals surface area contributed by atoms with Gasteiger partial charge in [0.15, 0.2) is 0 Å². The Morgan fingerprint density at radius 2 is 2.25 bits per heavy atom. The lowest BCUT2D eigenvalue weighted by Crippen LogP contribution is -2.20. The number of nitrogens with one attached hydrogen (secondary N) is 1. The molecule has 82 valence electrons. The zero-order chi connectivity index (χ0) is 11.4. The highest BCUT2D eigenvalue weighted by molar-refractivity contribution is 7.17. The summed E-state index contributed by atoms with van der Waals surface area (Å²) in [7, 11) is 0. The fourth-order valence-electron chi connectivity index (χ4n) is 1.74. The van der Waals surface area contributed by atoms with Gasteiger partial charge in [-0.15, -0.1) is 11.3 Å². The second kappa shape index (κ2) is 5.11. The number of thiophene rings is 1. The van der Waals surface area contributed by atoms with E-state index in [-0.39, 0.29) is 6.04 Å². The van der Waals surface area contributed by atoms with Gasteiger partial charge < -0.3 is 0 Å². The fraction of sp³-hybridized carbons (Fsp3) is 0.308.